The Morgan fingerprint density at radius 2 is 1.39 bits per heavy atom. The number of amides is 6. The molecule has 1 fully saturated rings. The normalized spacial score (nSPS) is 15.9. The molecule has 1 aliphatic heterocycles. The maximum absolute atomic E-state index is 14.3. The maximum atomic E-state index is 14.3. The summed E-state index contributed by atoms with van der Waals surface area (Å²) in [4.78, 5) is 93.8. The summed E-state index contributed by atoms with van der Waals surface area (Å²) in [5.74, 6) is -4.13. The minimum Gasteiger partial charge on any atom is -0.480 e. The van der Waals surface area contributed by atoms with E-state index in [9.17, 15) is 38.7 Å². The van der Waals surface area contributed by atoms with Crippen molar-refractivity contribution in [2.75, 3.05) is 13.1 Å². The molecular formula is C43H62N6O10. The van der Waals surface area contributed by atoms with Crippen LogP contribution < -0.4 is 26.6 Å². The molecule has 324 valence electrons. The van der Waals surface area contributed by atoms with Crippen molar-refractivity contribution in [2.24, 2.45) is 11.8 Å². The van der Waals surface area contributed by atoms with Gasteiger partial charge in [0.1, 0.15) is 42.4 Å². The third kappa shape index (κ3) is 16.6. The number of nitrogens with one attached hydrogen (secondary N) is 5. The van der Waals surface area contributed by atoms with Crippen LogP contribution >= 0.6 is 0 Å². The van der Waals surface area contributed by atoms with E-state index in [1.807, 2.05) is 74.5 Å². The highest BCUT2D eigenvalue weighted by Gasteiger charge is 2.40. The Kier molecular flexibility index (Phi) is 18.6. The predicted octanol–water partition coefficient (Wildman–Crippen LogP) is 4.06. The van der Waals surface area contributed by atoms with Crippen molar-refractivity contribution in [1.82, 2.24) is 31.5 Å². The van der Waals surface area contributed by atoms with Crippen LogP contribution in [0.1, 0.15) is 91.7 Å². The standard InChI is InChI=1S/C43H62N6O10/c1-27(2)24-32(47-42(57)59-43(5,6)7)36(50)46-33(25-29-16-10-8-11-17-29)39(53)49-23-15-21-34(49)37(51)48-35(28(3)4)38(52)45-31(40(54)55)20-14-22-44-41(56)58-26-30-18-12-9-13-19-30/h8-13,16-19,27-28,31-35H,14-15,20-26H2,1-7H3,(H,44,56)(H,45,52)(H,46,50)(H,47,57)(H,48,51)(H,54,55)/t31-,32-,33+,34-,35-/m0/s1. The van der Waals surface area contributed by atoms with Crippen LogP contribution in [0, 0.1) is 11.8 Å². The molecule has 2 aromatic rings. The summed E-state index contributed by atoms with van der Waals surface area (Å²) in [6, 6.07) is 12.7. The van der Waals surface area contributed by atoms with Gasteiger partial charge in [-0.15, -0.1) is 0 Å². The number of ether oxygens (including phenoxy) is 2. The molecule has 59 heavy (non-hydrogen) atoms. The minimum atomic E-state index is -1.31. The third-order valence-corrected chi connectivity index (χ3v) is 9.46. The number of carbonyl (C=O) groups is 7. The van der Waals surface area contributed by atoms with Gasteiger partial charge in [0.25, 0.3) is 0 Å². The van der Waals surface area contributed by atoms with Crippen LogP contribution in [0.2, 0.25) is 0 Å². The van der Waals surface area contributed by atoms with E-state index >= 15 is 0 Å². The van der Waals surface area contributed by atoms with Crippen LogP contribution in [0.3, 0.4) is 0 Å². The summed E-state index contributed by atoms with van der Waals surface area (Å²) in [6.07, 6.45) is -0.0681. The second-order valence-electron chi connectivity index (χ2n) is 16.5. The van der Waals surface area contributed by atoms with E-state index in [4.69, 9.17) is 9.47 Å². The largest absolute Gasteiger partial charge is 0.480 e. The lowest BCUT2D eigenvalue weighted by Gasteiger charge is -2.31. The van der Waals surface area contributed by atoms with Crippen molar-refractivity contribution in [3.8, 4) is 0 Å². The van der Waals surface area contributed by atoms with E-state index in [0.717, 1.165) is 11.1 Å². The second kappa shape index (κ2) is 23.1. The second-order valence-corrected chi connectivity index (χ2v) is 16.5. The van der Waals surface area contributed by atoms with Crippen LogP contribution in [-0.2, 0) is 46.5 Å². The fourth-order valence-electron chi connectivity index (χ4n) is 6.55. The van der Waals surface area contributed by atoms with Gasteiger partial charge in [-0.25, -0.2) is 14.4 Å². The van der Waals surface area contributed by atoms with Gasteiger partial charge in [-0.2, -0.15) is 0 Å². The molecule has 6 amide bonds. The lowest BCUT2D eigenvalue weighted by atomic mass is 10.00. The molecule has 16 heteroatoms. The van der Waals surface area contributed by atoms with Gasteiger partial charge in [0.15, 0.2) is 0 Å². The molecule has 0 aromatic heterocycles. The number of rotatable bonds is 20. The molecule has 16 nitrogen and oxygen atoms in total. The molecule has 6 N–H and O–H groups in total. The number of carboxylic acids is 1. The predicted molar refractivity (Wildman–Crippen MR) is 220 cm³/mol. The molecule has 0 bridgehead atoms. The zero-order chi connectivity index (χ0) is 43.7. The smallest absolute Gasteiger partial charge is 0.408 e. The molecule has 0 aliphatic carbocycles. The first-order valence-corrected chi connectivity index (χ1v) is 20.3. The average Bonchev–Trinajstić information content (AvgIpc) is 3.66. The lowest BCUT2D eigenvalue weighted by molar-refractivity contribution is -0.144. The highest BCUT2D eigenvalue weighted by Crippen LogP contribution is 2.21. The summed E-state index contributed by atoms with van der Waals surface area (Å²) in [7, 11) is 0. The number of likely N-dealkylation sites (tertiary alicyclic amines) is 1. The number of carboxylic acid groups (broad SMARTS) is 1. The molecule has 1 aliphatic rings. The Bertz CT molecular complexity index is 1720. The fourth-order valence-corrected chi connectivity index (χ4v) is 6.55. The fraction of sp³-hybridized carbons (Fsp3) is 0.558. The Hall–Kier alpha value is -5.67. The maximum Gasteiger partial charge on any atom is 0.408 e. The molecule has 0 saturated carbocycles. The van der Waals surface area contributed by atoms with E-state index in [2.05, 4.69) is 26.6 Å². The van der Waals surface area contributed by atoms with Crippen LogP contribution in [0.25, 0.3) is 0 Å². The molecule has 0 spiro atoms. The SMILES string of the molecule is CC(C)C[C@H](NC(=O)OC(C)(C)C)C(=O)N[C@H](Cc1ccccc1)C(=O)N1CCC[C@H]1C(=O)N[C@H](C(=O)N[C@@H](CCCNC(=O)OCc1ccccc1)C(=O)O)C(C)C. The molecule has 1 heterocycles. The van der Waals surface area contributed by atoms with Crippen molar-refractivity contribution in [3.63, 3.8) is 0 Å². The number of aliphatic carboxylic acids is 1. The first kappa shape index (κ1) is 47.7. The molecule has 3 rings (SSSR count). The highest BCUT2D eigenvalue weighted by molar-refractivity contribution is 5.96. The van der Waals surface area contributed by atoms with Gasteiger partial charge in [0.2, 0.25) is 23.6 Å². The number of nitrogens with zero attached hydrogens (tertiary/aromatic N) is 1. The number of alkyl carbamates (subject to hydrolysis) is 2. The molecule has 1 saturated heterocycles. The van der Waals surface area contributed by atoms with Crippen LogP contribution in [-0.4, -0.2) is 101 Å². The Morgan fingerprint density at radius 3 is 1.97 bits per heavy atom. The molecule has 0 unspecified atom stereocenters. The Balaban J connectivity index is 1.68. The van der Waals surface area contributed by atoms with Crippen LogP contribution in [0.15, 0.2) is 60.7 Å². The third-order valence-electron chi connectivity index (χ3n) is 9.46. The first-order valence-electron chi connectivity index (χ1n) is 20.3. The summed E-state index contributed by atoms with van der Waals surface area (Å²) >= 11 is 0. The summed E-state index contributed by atoms with van der Waals surface area (Å²) in [5, 5.41) is 23.2. The zero-order valence-corrected chi connectivity index (χ0v) is 35.2. The number of hydrogen-bond acceptors (Lipinski definition) is 9. The molecule has 5 atom stereocenters. The van der Waals surface area contributed by atoms with Crippen molar-refractivity contribution >= 4 is 41.8 Å². The van der Waals surface area contributed by atoms with Gasteiger partial charge in [0.05, 0.1) is 0 Å². The van der Waals surface area contributed by atoms with E-state index in [1.54, 1.807) is 34.6 Å². The summed E-state index contributed by atoms with van der Waals surface area (Å²) in [6.45, 7) is 12.7. The number of benzene rings is 2. The van der Waals surface area contributed by atoms with Gasteiger partial charge in [0, 0.05) is 19.5 Å². The average molecular weight is 823 g/mol. The van der Waals surface area contributed by atoms with Crippen LogP contribution in [0.4, 0.5) is 9.59 Å². The monoisotopic (exact) mass is 822 g/mol. The van der Waals surface area contributed by atoms with Crippen molar-refractivity contribution in [1.29, 1.82) is 0 Å². The quantitative estimate of drug-likeness (QED) is 0.105. The zero-order valence-electron chi connectivity index (χ0n) is 35.2. The minimum absolute atomic E-state index is 0.00523. The van der Waals surface area contributed by atoms with Crippen molar-refractivity contribution in [2.45, 2.75) is 129 Å². The van der Waals surface area contributed by atoms with E-state index < -0.39 is 83.5 Å². The van der Waals surface area contributed by atoms with Gasteiger partial charge in [-0.3, -0.25) is 19.2 Å². The van der Waals surface area contributed by atoms with Gasteiger partial charge in [-0.05, 0) is 75.8 Å². The van der Waals surface area contributed by atoms with Crippen molar-refractivity contribution < 1.29 is 48.1 Å². The van der Waals surface area contributed by atoms with E-state index in [-0.39, 0.29) is 51.3 Å². The topological polar surface area (TPSA) is 222 Å². The van der Waals surface area contributed by atoms with Crippen LogP contribution in [0.5, 0.6) is 0 Å². The summed E-state index contributed by atoms with van der Waals surface area (Å²) in [5.41, 5.74) is 0.773. The van der Waals surface area contributed by atoms with Gasteiger partial charge >= 0.3 is 18.2 Å². The van der Waals surface area contributed by atoms with Gasteiger partial charge < -0.3 is 46.1 Å². The molecular weight excluding hydrogens is 761 g/mol. The Morgan fingerprint density at radius 1 is 0.780 bits per heavy atom. The van der Waals surface area contributed by atoms with Crippen molar-refractivity contribution in [3.05, 3.63) is 71.8 Å². The number of hydrogen-bond donors (Lipinski definition) is 6. The lowest BCUT2D eigenvalue weighted by Crippen LogP contribution is -2.59. The first-order chi connectivity index (χ1) is 27.8. The van der Waals surface area contributed by atoms with E-state index in [0.29, 0.717) is 12.8 Å². The molecule has 0 radical (unpaired) electrons. The molecule has 2 aromatic carbocycles. The number of carbonyl (C=O) groups excluding carboxylic acids is 6. The Labute approximate surface area is 346 Å². The van der Waals surface area contributed by atoms with E-state index in [1.165, 1.54) is 4.90 Å². The van der Waals surface area contributed by atoms with Gasteiger partial charge in [-0.1, -0.05) is 88.4 Å². The summed E-state index contributed by atoms with van der Waals surface area (Å²) < 4.78 is 10.6. The highest BCUT2D eigenvalue weighted by atomic mass is 16.6.